The highest BCUT2D eigenvalue weighted by molar-refractivity contribution is 6.32. The summed E-state index contributed by atoms with van der Waals surface area (Å²) in [4.78, 5) is 33.3. The smallest absolute Gasteiger partial charge is 0.337 e. The zero-order valence-corrected chi connectivity index (χ0v) is 11.7. The quantitative estimate of drug-likeness (QED) is 0.664. The van der Waals surface area contributed by atoms with Crippen LogP contribution in [0.25, 0.3) is 0 Å². The third-order valence-electron chi connectivity index (χ3n) is 2.81. The van der Waals surface area contributed by atoms with Gasteiger partial charge in [-0.2, -0.15) is 0 Å². The lowest BCUT2D eigenvalue weighted by atomic mass is 10.1. The largest absolute Gasteiger partial charge is 0.478 e. The predicted octanol–water partition coefficient (Wildman–Crippen LogP) is 3.20. The van der Waals surface area contributed by atoms with E-state index in [1.165, 1.54) is 30.3 Å². The van der Waals surface area contributed by atoms with Gasteiger partial charge in [-0.3, -0.25) is 14.9 Å². The predicted molar refractivity (Wildman–Crippen MR) is 79.5 cm³/mol. The van der Waals surface area contributed by atoms with Gasteiger partial charge in [0.2, 0.25) is 0 Å². The number of nitrogens with zero attached hydrogens (tertiary/aromatic N) is 1. The van der Waals surface area contributed by atoms with Crippen molar-refractivity contribution < 1.29 is 19.6 Å². The molecule has 2 aromatic carbocycles. The van der Waals surface area contributed by atoms with Gasteiger partial charge in [0.05, 0.1) is 16.2 Å². The average molecular weight is 321 g/mol. The van der Waals surface area contributed by atoms with Crippen LogP contribution in [0, 0.1) is 10.1 Å². The summed E-state index contributed by atoms with van der Waals surface area (Å²) in [6.45, 7) is 0. The summed E-state index contributed by atoms with van der Waals surface area (Å²) in [5.41, 5.74) is -0.394. The minimum atomic E-state index is -1.20. The number of para-hydroxylation sites is 1. The number of hydrogen-bond donors (Lipinski definition) is 2. The second-order valence-corrected chi connectivity index (χ2v) is 4.64. The number of nitro groups is 1. The summed E-state index contributed by atoms with van der Waals surface area (Å²) in [5.74, 6) is -1.87. The van der Waals surface area contributed by atoms with Crippen LogP contribution in [0.5, 0.6) is 0 Å². The van der Waals surface area contributed by atoms with E-state index in [1.807, 2.05) is 0 Å². The number of nitro benzene ring substituents is 1. The fourth-order valence-electron chi connectivity index (χ4n) is 1.77. The third kappa shape index (κ3) is 3.21. The van der Waals surface area contributed by atoms with Crippen LogP contribution in [-0.2, 0) is 0 Å². The number of anilines is 1. The number of carboxylic acid groups (broad SMARTS) is 1. The molecule has 2 N–H and O–H groups in total. The van der Waals surface area contributed by atoms with Crippen LogP contribution in [-0.4, -0.2) is 21.9 Å². The lowest BCUT2D eigenvalue weighted by molar-refractivity contribution is -0.384. The van der Waals surface area contributed by atoms with Crippen molar-refractivity contribution in [2.45, 2.75) is 0 Å². The van der Waals surface area contributed by atoms with Crippen molar-refractivity contribution in [1.29, 1.82) is 0 Å². The molecule has 0 heterocycles. The van der Waals surface area contributed by atoms with Crippen molar-refractivity contribution in [1.82, 2.24) is 0 Å². The van der Waals surface area contributed by atoms with Gasteiger partial charge in [0.1, 0.15) is 5.02 Å². The number of hydrogen-bond acceptors (Lipinski definition) is 4. The molecule has 22 heavy (non-hydrogen) atoms. The van der Waals surface area contributed by atoms with Crippen molar-refractivity contribution in [3.8, 4) is 0 Å². The molecule has 112 valence electrons. The van der Waals surface area contributed by atoms with Crippen LogP contribution in [0.3, 0.4) is 0 Å². The summed E-state index contributed by atoms with van der Waals surface area (Å²) in [6, 6.07) is 9.42. The van der Waals surface area contributed by atoms with Crippen LogP contribution in [0.1, 0.15) is 20.7 Å². The number of amides is 1. The fraction of sp³-hybridized carbons (Fsp3) is 0. The van der Waals surface area contributed by atoms with E-state index in [1.54, 1.807) is 6.07 Å². The summed E-state index contributed by atoms with van der Waals surface area (Å²) in [5, 5.41) is 22.2. The number of nitrogens with one attached hydrogen (secondary N) is 1. The minimum absolute atomic E-state index is 0.00343. The van der Waals surface area contributed by atoms with Crippen molar-refractivity contribution in [2.75, 3.05) is 5.32 Å². The van der Waals surface area contributed by atoms with Crippen molar-refractivity contribution in [2.24, 2.45) is 0 Å². The zero-order valence-electron chi connectivity index (χ0n) is 10.9. The summed E-state index contributed by atoms with van der Waals surface area (Å²) in [6.07, 6.45) is 0. The molecule has 0 fully saturated rings. The number of benzene rings is 2. The zero-order chi connectivity index (χ0) is 16.3. The summed E-state index contributed by atoms with van der Waals surface area (Å²) >= 11 is 5.67. The maximum absolute atomic E-state index is 12.1. The van der Waals surface area contributed by atoms with Gasteiger partial charge < -0.3 is 10.4 Å². The SMILES string of the molecule is O=C(Nc1ccccc1C(=O)O)c1ccc(Cl)c([N+](=O)[O-])c1. The fourth-order valence-corrected chi connectivity index (χ4v) is 1.95. The number of carbonyl (C=O) groups is 2. The molecule has 2 rings (SSSR count). The minimum Gasteiger partial charge on any atom is -0.478 e. The maximum Gasteiger partial charge on any atom is 0.337 e. The number of rotatable bonds is 4. The Morgan fingerprint density at radius 1 is 1.18 bits per heavy atom. The molecule has 0 atom stereocenters. The molecule has 0 radical (unpaired) electrons. The standard InChI is InChI=1S/C14H9ClN2O5/c15-10-6-5-8(7-12(10)17(21)22)13(18)16-11-4-2-1-3-9(11)14(19)20/h1-7H,(H,16,18)(H,19,20). The van der Waals surface area contributed by atoms with Crippen LogP contribution >= 0.6 is 11.6 Å². The first kappa shape index (κ1) is 15.5. The molecular weight excluding hydrogens is 312 g/mol. The van der Waals surface area contributed by atoms with Crippen molar-refractivity contribution in [3.63, 3.8) is 0 Å². The third-order valence-corrected chi connectivity index (χ3v) is 3.13. The molecule has 0 unspecified atom stereocenters. The Bertz CT molecular complexity index is 776. The number of carbonyl (C=O) groups excluding carboxylic acids is 1. The molecule has 0 aliphatic heterocycles. The molecule has 1 amide bonds. The highest BCUT2D eigenvalue weighted by Crippen LogP contribution is 2.25. The molecular formula is C14H9ClN2O5. The highest BCUT2D eigenvalue weighted by Gasteiger charge is 2.18. The van der Waals surface area contributed by atoms with E-state index in [0.29, 0.717) is 0 Å². The van der Waals surface area contributed by atoms with Gasteiger partial charge in [0, 0.05) is 11.6 Å². The Labute approximate surface area is 129 Å². The Hall–Kier alpha value is -2.93. The van der Waals surface area contributed by atoms with Gasteiger partial charge in [0.25, 0.3) is 11.6 Å². The summed E-state index contributed by atoms with van der Waals surface area (Å²) in [7, 11) is 0. The number of carboxylic acids is 1. The van der Waals surface area contributed by atoms with Crippen LogP contribution < -0.4 is 5.32 Å². The molecule has 0 spiro atoms. The van der Waals surface area contributed by atoms with Gasteiger partial charge in [-0.05, 0) is 24.3 Å². The van der Waals surface area contributed by atoms with E-state index >= 15 is 0 Å². The van der Waals surface area contributed by atoms with Crippen molar-refractivity contribution >= 4 is 34.9 Å². The Balaban J connectivity index is 2.33. The number of aromatic carboxylic acids is 1. The van der Waals surface area contributed by atoms with E-state index in [9.17, 15) is 19.7 Å². The molecule has 0 aliphatic carbocycles. The van der Waals surface area contributed by atoms with E-state index in [-0.39, 0.29) is 21.8 Å². The van der Waals surface area contributed by atoms with Gasteiger partial charge >= 0.3 is 5.97 Å². The molecule has 2 aromatic rings. The van der Waals surface area contributed by atoms with E-state index in [2.05, 4.69) is 5.32 Å². The maximum atomic E-state index is 12.1. The monoisotopic (exact) mass is 320 g/mol. The van der Waals surface area contributed by atoms with Gasteiger partial charge in [-0.15, -0.1) is 0 Å². The highest BCUT2D eigenvalue weighted by atomic mass is 35.5. The molecule has 0 saturated heterocycles. The molecule has 0 aliphatic rings. The van der Waals surface area contributed by atoms with E-state index in [0.717, 1.165) is 6.07 Å². The molecule has 0 bridgehead atoms. The average Bonchev–Trinajstić information content (AvgIpc) is 2.47. The number of halogens is 1. The first-order chi connectivity index (χ1) is 10.4. The molecule has 0 aromatic heterocycles. The first-order valence-corrected chi connectivity index (χ1v) is 6.35. The molecule has 8 heteroatoms. The van der Waals surface area contributed by atoms with Crippen LogP contribution in [0.15, 0.2) is 42.5 Å². The Morgan fingerprint density at radius 2 is 1.86 bits per heavy atom. The second kappa shape index (κ2) is 6.23. The Kier molecular flexibility index (Phi) is 4.38. The molecule has 7 nitrogen and oxygen atoms in total. The molecule has 0 saturated carbocycles. The lowest BCUT2D eigenvalue weighted by Gasteiger charge is -2.08. The van der Waals surface area contributed by atoms with E-state index in [4.69, 9.17) is 16.7 Å². The van der Waals surface area contributed by atoms with E-state index < -0.39 is 22.5 Å². The first-order valence-electron chi connectivity index (χ1n) is 5.97. The second-order valence-electron chi connectivity index (χ2n) is 4.23. The topological polar surface area (TPSA) is 110 Å². The van der Waals surface area contributed by atoms with Gasteiger partial charge in [-0.25, -0.2) is 4.79 Å². The Morgan fingerprint density at radius 3 is 2.50 bits per heavy atom. The van der Waals surface area contributed by atoms with Crippen molar-refractivity contribution in [3.05, 3.63) is 68.7 Å². The van der Waals surface area contributed by atoms with Crippen LogP contribution in [0.4, 0.5) is 11.4 Å². The van der Waals surface area contributed by atoms with Crippen LogP contribution in [0.2, 0.25) is 5.02 Å². The van der Waals surface area contributed by atoms with Gasteiger partial charge in [0.15, 0.2) is 0 Å². The normalized spacial score (nSPS) is 10.0. The summed E-state index contributed by atoms with van der Waals surface area (Å²) < 4.78 is 0. The van der Waals surface area contributed by atoms with Gasteiger partial charge in [-0.1, -0.05) is 23.7 Å². The lowest BCUT2D eigenvalue weighted by Crippen LogP contribution is -2.15.